The van der Waals surface area contributed by atoms with Gasteiger partial charge >= 0.3 is 0 Å². The van der Waals surface area contributed by atoms with Crippen molar-refractivity contribution < 1.29 is 0 Å². The van der Waals surface area contributed by atoms with Gasteiger partial charge < -0.3 is 0 Å². The van der Waals surface area contributed by atoms with Gasteiger partial charge in [-0.3, -0.25) is 9.58 Å². The van der Waals surface area contributed by atoms with Gasteiger partial charge in [0, 0.05) is 25.3 Å². The predicted octanol–water partition coefficient (Wildman–Crippen LogP) is 2.71. The van der Waals surface area contributed by atoms with Gasteiger partial charge in [0.2, 0.25) is 0 Å². The summed E-state index contributed by atoms with van der Waals surface area (Å²) in [4.78, 5) is 2.59. The summed E-state index contributed by atoms with van der Waals surface area (Å²) < 4.78 is 2.21. The third kappa shape index (κ3) is 2.37. The van der Waals surface area contributed by atoms with E-state index in [9.17, 15) is 0 Å². The summed E-state index contributed by atoms with van der Waals surface area (Å²) in [7, 11) is 0. The number of rotatable bonds is 3. The van der Waals surface area contributed by atoms with Crippen LogP contribution in [0.1, 0.15) is 36.7 Å². The van der Waals surface area contributed by atoms with Crippen LogP contribution >= 0.6 is 0 Å². The van der Waals surface area contributed by atoms with Gasteiger partial charge in [0.15, 0.2) is 0 Å². The van der Waals surface area contributed by atoms with Gasteiger partial charge in [-0.05, 0) is 45.1 Å². The molecule has 2 aliphatic rings. The van der Waals surface area contributed by atoms with Gasteiger partial charge in [-0.1, -0.05) is 12.2 Å². The molecule has 0 aromatic carbocycles. The minimum Gasteiger partial charge on any atom is -0.299 e. The van der Waals surface area contributed by atoms with Crippen LogP contribution in [0.3, 0.4) is 0 Å². The molecule has 0 N–H and O–H groups in total. The molecule has 0 saturated carbocycles. The molecular formula is C15H23N3. The minimum atomic E-state index is 0.609. The highest BCUT2D eigenvalue weighted by Gasteiger charge is 2.31. The maximum atomic E-state index is 4.59. The van der Waals surface area contributed by atoms with Crippen LogP contribution in [0.4, 0.5) is 0 Å². The normalized spacial score (nSPS) is 25.3. The lowest BCUT2D eigenvalue weighted by Crippen LogP contribution is -2.50. The number of hydrogen-bond donors (Lipinski definition) is 0. The molecule has 1 unspecified atom stereocenters. The Morgan fingerprint density at radius 1 is 1.28 bits per heavy atom. The Bertz CT molecular complexity index is 441. The number of likely N-dealkylation sites (tertiary alicyclic amines) is 1. The zero-order valence-electron chi connectivity index (χ0n) is 11.5. The summed E-state index contributed by atoms with van der Waals surface area (Å²) in [6.07, 6.45) is 8.61. The molecule has 0 radical (unpaired) electrons. The van der Waals surface area contributed by atoms with Gasteiger partial charge in [-0.25, -0.2) is 0 Å². The second-order valence-electron chi connectivity index (χ2n) is 5.89. The second-order valence-corrected chi connectivity index (χ2v) is 5.89. The number of allylic oxidation sites excluding steroid dienone is 2. The molecule has 1 atom stereocenters. The largest absolute Gasteiger partial charge is 0.299 e. The van der Waals surface area contributed by atoms with Gasteiger partial charge in [0.25, 0.3) is 0 Å². The summed E-state index contributed by atoms with van der Waals surface area (Å²) in [6.45, 7) is 7.88. The van der Waals surface area contributed by atoms with Crippen LogP contribution in [0, 0.1) is 19.8 Å². The summed E-state index contributed by atoms with van der Waals surface area (Å²) >= 11 is 0. The van der Waals surface area contributed by atoms with Crippen molar-refractivity contribution in [2.45, 2.75) is 39.2 Å². The smallest absolute Gasteiger partial charge is 0.0775 e. The highest BCUT2D eigenvalue weighted by molar-refractivity contribution is 5.09. The summed E-state index contributed by atoms with van der Waals surface area (Å²) in [5.74, 6) is 0.886. The van der Waals surface area contributed by atoms with Crippen molar-refractivity contribution >= 4 is 0 Å². The molecule has 0 amide bonds. The van der Waals surface area contributed by atoms with Gasteiger partial charge in [0.1, 0.15) is 0 Å². The lowest BCUT2D eigenvalue weighted by atomic mass is 9.92. The van der Waals surface area contributed by atoms with Crippen molar-refractivity contribution in [2.24, 2.45) is 5.92 Å². The Labute approximate surface area is 109 Å². The highest BCUT2D eigenvalue weighted by Crippen LogP contribution is 2.26. The zero-order valence-corrected chi connectivity index (χ0v) is 11.5. The number of aryl methyl sites for hydroxylation is 2. The van der Waals surface area contributed by atoms with Crippen LogP contribution in [-0.2, 0) is 0 Å². The standard InChI is InChI=1S/C15H23N3/c1-12-8-13(2)18(16-12)15-10-17(11-15)9-14-6-4-3-5-7-14/h3-4,8,14-15H,5-7,9-11H2,1-2H3. The molecule has 98 valence electrons. The fourth-order valence-electron chi connectivity index (χ4n) is 3.25. The van der Waals surface area contributed by atoms with Crippen LogP contribution < -0.4 is 0 Å². The highest BCUT2D eigenvalue weighted by atomic mass is 15.4. The fourth-order valence-corrected chi connectivity index (χ4v) is 3.25. The number of nitrogens with zero attached hydrogens (tertiary/aromatic N) is 3. The summed E-state index contributed by atoms with van der Waals surface area (Å²) in [5.41, 5.74) is 2.45. The third-order valence-corrected chi connectivity index (χ3v) is 4.22. The van der Waals surface area contributed by atoms with Crippen molar-refractivity contribution in [1.82, 2.24) is 14.7 Å². The van der Waals surface area contributed by atoms with Gasteiger partial charge in [-0.2, -0.15) is 5.10 Å². The molecule has 1 aromatic rings. The Kier molecular flexibility index (Phi) is 3.25. The first-order valence-corrected chi connectivity index (χ1v) is 7.12. The van der Waals surface area contributed by atoms with Crippen LogP contribution in [0.15, 0.2) is 18.2 Å². The quantitative estimate of drug-likeness (QED) is 0.763. The van der Waals surface area contributed by atoms with Crippen LogP contribution in [-0.4, -0.2) is 34.3 Å². The molecule has 1 aliphatic heterocycles. The molecule has 0 bridgehead atoms. The van der Waals surface area contributed by atoms with E-state index in [1.165, 1.54) is 44.6 Å². The number of aromatic nitrogens is 2. The maximum absolute atomic E-state index is 4.59. The third-order valence-electron chi connectivity index (χ3n) is 4.22. The topological polar surface area (TPSA) is 21.1 Å². The van der Waals surface area contributed by atoms with E-state index in [4.69, 9.17) is 0 Å². The zero-order chi connectivity index (χ0) is 12.5. The van der Waals surface area contributed by atoms with E-state index in [1.807, 2.05) is 0 Å². The first-order chi connectivity index (χ1) is 8.72. The molecule has 18 heavy (non-hydrogen) atoms. The van der Waals surface area contributed by atoms with Crippen molar-refractivity contribution in [3.63, 3.8) is 0 Å². The van der Waals surface area contributed by atoms with Crippen molar-refractivity contribution in [3.05, 3.63) is 29.6 Å². The average molecular weight is 245 g/mol. The Morgan fingerprint density at radius 3 is 2.72 bits per heavy atom. The van der Waals surface area contributed by atoms with Crippen molar-refractivity contribution in [3.8, 4) is 0 Å². The molecule has 1 aromatic heterocycles. The lowest BCUT2D eigenvalue weighted by molar-refractivity contribution is 0.0772. The molecule has 1 saturated heterocycles. The predicted molar refractivity (Wildman–Crippen MR) is 73.7 cm³/mol. The van der Waals surface area contributed by atoms with E-state index >= 15 is 0 Å². The molecule has 1 aliphatic carbocycles. The van der Waals surface area contributed by atoms with Crippen molar-refractivity contribution in [2.75, 3.05) is 19.6 Å². The van der Waals surface area contributed by atoms with Gasteiger partial charge in [0.05, 0.1) is 11.7 Å². The van der Waals surface area contributed by atoms with Gasteiger partial charge in [-0.15, -0.1) is 0 Å². The molecule has 0 spiro atoms. The number of hydrogen-bond acceptors (Lipinski definition) is 2. The Morgan fingerprint density at radius 2 is 2.11 bits per heavy atom. The lowest BCUT2D eigenvalue weighted by Gasteiger charge is -2.41. The van der Waals surface area contributed by atoms with Crippen LogP contribution in [0.5, 0.6) is 0 Å². The summed E-state index contributed by atoms with van der Waals surface area (Å²) in [5, 5.41) is 4.59. The first-order valence-electron chi connectivity index (χ1n) is 7.12. The average Bonchev–Trinajstić information content (AvgIpc) is 2.64. The molecule has 2 heterocycles. The monoisotopic (exact) mass is 245 g/mol. The van der Waals surface area contributed by atoms with E-state index in [0.717, 1.165) is 11.6 Å². The minimum absolute atomic E-state index is 0.609. The fraction of sp³-hybridized carbons (Fsp3) is 0.667. The molecule has 3 nitrogen and oxygen atoms in total. The van der Waals surface area contributed by atoms with Crippen LogP contribution in [0.2, 0.25) is 0 Å². The first kappa shape index (κ1) is 12.0. The summed E-state index contributed by atoms with van der Waals surface area (Å²) in [6, 6.07) is 2.78. The van der Waals surface area contributed by atoms with E-state index < -0.39 is 0 Å². The molecule has 3 rings (SSSR count). The van der Waals surface area contributed by atoms with E-state index in [1.54, 1.807) is 0 Å². The Balaban J connectivity index is 1.51. The Hall–Kier alpha value is -1.09. The molecule has 3 heteroatoms. The van der Waals surface area contributed by atoms with Crippen LogP contribution in [0.25, 0.3) is 0 Å². The van der Waals surface area contributed by atoms with E-state index in [0.29, 0.717) is 6.04 Å². The van der Waals surface area contributed by atoms with Crippen molar-refractivity contribution in [1.29, 1.82) is 0 Å². The second kappa shape index (κ2) is 4.88. The molecule has 1 fully saturated rings. The maximum Gasteiger partial charge on any atom is 0.0775 e. The van der Waals surface area contributed by atoms with E-state index in [-0.39, 0.29) is 0 Å². The SMILES string of the molecule is Cc1cc(C)n(C2CN(CC3CC=CCC3)C2)n1. The molecular weight excluding hydrogens is 222 g/mol. The van der Waals surface area contributed by atoms with E-state index in [2.05, 4.69) is 46.7 Å².